The molecule has 1 aromatic rings. The number of hydrogen-bond donors (Lipinski definition) is 2. The van der Waals surface area contributed by atoms with Gasteiger partial charge in [-0.3, -0.25) is 9.78 Å². The van der Waals surface area contributed by atoms with Crippen LogP contribution in [0, 0.1) is 6.92 Å². The molecule has 98 valence electrons. The first-order valence-electron chi connectivity index (χ1n) is 6.65. The van der Waals surface area contributed by atoms with Crippen LogP contribution in [0.25, 0.3) is 0 Å². The molecule has 2 rings (SSSR count). The predicted molar refractivity (Wildman–Crippen MR) is 71.1 cm³/mol. The number of aromatic nitrogens is 1. The molecular weight excluding hydrogens is 226 g/mol. The summed E-state index contributed by atoms with van der Waals surface area (Å²) < 4.78 is 0. The Hall–Kier alpha value is -1.42. The summed E-state index contributed by atoms with van der Waals surface area (Å²) in [7, 11) is 0. The van der Waals surface area contributed by atoms with E-state index in [0.29, 0.717) is 19.1 Å². The van der Waals surface area contributed by atoms with Gasteiger partial charge in [-0.25, -0.2) is 0 Å². The van der Waals surface area contributed by atoms with Crippen molar-refractivity contribution in [3.8, 4) is 0 Å². The lowest BCUT2D eigenvalue weighted by atomic mass is 10.1. The first-order chi connectivity index (χ1) is 8.75. The minimum absolute atomic E-state index is 0.0603. The molecule has 4 heteroatoms. The Bertz CT molecular complexity index is 400. The quantitative estimate of drug-likeness (QED) is 0.830. The van der Waals surface area contributed by atoms with Crippen LogP contribution in [0.5, 0.6) is 0 Å². The first kappa shape index (κ1) is 13.0. The number of pyridine rings is 1. The normalized spacial score (nSPS) is 15.8. The fourth-order valence-electron chi connectivity index (χ4n) is 2.31. The Morgan fingerprint density at radius 3 is 2.94 bits per heavy atom. The van der Waals surface area contributed by atoms with Crippen molar-refractivity contribution in [3.05, 3.63) is 29.6 Å². The summed E-state index contributed by atoms with van der Waals surface area (Å²) in [6.07, 6.45) is 8.55. The number of nitrogens with zero attached hydrogens (tertiary/aromatic N) is 1. The molecule has 4 nitrogen and oxygen atoms in total. The van der Waals surface area contributed by atoms with Crippen molar-refractivity contribution in [1.82, 2.24) is 15.6 Å². The molecule has 0 atom stereocenters. The maximum Gasteiger partial charge on any atom is 0.234 e. The van der Waals surface area contributed by atoms with E-state index in [-0.39, 0.29) is 5.91 Å². The topological polar surface area (TPSA) is 54.0 Å². The van der Waals surface area contributed by atoms with Crippen LogP contribution >= 0.6 is 0 Å². The van der Waals surface area contributed by atoms with Gasteiger partial charge < -0.3 is 10.6 Å². The summed E-state index contributed by atoms with van der Waals surface area (Å²) in [6, 6.07) is 2.49. The lowest BCUT2D eigenvalue weighted by Gasteiger charge is -2.12. The van der Waals surface area contributed by atoms with Gasteiger partial charge in [0.15, 0.2) is 0 Å². The zero-order valence-corrected chi connectivity index (χ0v) is 10.9. The number of nitrogens with one attached hydrogen (secondary N) is 2. The number of amides is 1. The fraction of sp³-hybridized carbons (Fsp3) is 0.571. The predicted octanol–water partition coefficient (Wildman–Crippen LogP) is 1.54. The second kappa shape index (κ2) is 6.50. The molecule has 0 bridgehead atoms. The highest BCUT2D eigenvalue weighted by molar-refractivity contribution is 5.78. The minimum atomic E-state index is 0.0603. The molecule has 0 spiro atoms. The van der Waals surface area contributed by atoms with Crippen LogP contribution in [0.1, 0.15) is 36.8 Å². The van der Waals surface area contributed by atoms with Crippen LogP contribution in [-0.4, -0.2) is 23.5 Å². The van der Waals surface area contributed by atoms with E-state index < -0.39 is 0 Å². The number of aryl methyl sites for hydroxylation is 1. The van der Waals surface area contributed by atoms with Crippen LogP contribution in [0.4, 0.5) is 0 Å². The zero-order chi connectivity index (χ0) is 12.8. The highest BCUT2D eigenvalue weighted by Gasteiger charge is 2.15. The lowest BCUT2D eigenvalue weighted by molar-refractivity contribution is -0.120. The Morgan fingerprint density at radius 2 is 2.22 bits per heavy atom. The molecule has 1 heterocycles. The Balaban J connectivity index is 1.69. The van der Waals surface area contributed by atoms with Crippen molar-refractivity contribution in [1.29, 1.82) is 0 Å². The average Bonchev–Trinajstić information content (AvgIpc) is 2.88. The highest BCUT2D eigenvalue weighted by atomic mass is 16.1. The van der Waals surface area contributed by atoms with Crippen LogP contribution in [0.2, 0.25) is 0 Å². The van der Waals surface area contributed by atoms with Crippen LogP contribution in [-0.2, 0) is 11.3 Å². The maximum atomic E-state index is 11.7. The van der Waals surface area contributed by atoms with Crippen molar-refractivity contribution < 1.29 is 4.79 Å². The average molecular weight is 247 g/mol. The van der Waals surface area contributed by atoms with E-state index in [0.717, 1.165) is 11.1 Å². The number of carbonyl (C=O) groups excluding carboxylic acids is 1. The molecular formula is C14H21N3O. The summed E-state index contributed by atoms with van der Waals surface area (Å²) >= 11 is 0. The third-order valence-corrected chi connectivity index (χ3v) is 3.53. The molecule has 1 saturated carbocycles. The van der Waals surface area contributed by atoms with Crippen LogP contribution < -0.4 is 10.6 Å². The summed E-state index contributed by atoms with van der Waals surface area (Å²) in [6.45, 7) is 3.01. The molecule has 0 radical (unpaired) electrons. The van der Waals surface area contributed by atoms with Gasteiger partial charge in [-0.1, -0.05) is 12.8 Å². The molecule has 0 aromatic carbocycles. The number of rotatable bonds is 5. The summed E-state index contributed by atoms with van der Waals surface area (Å²) in [5, 5.41) is 6.23. The standard InChI is InChI=1S/C14H21N3O/c1-11-6-7-15-8-12(11)9-17-14(18)10-16-13-4-2-3-5-13/h6-8,13,16H,2-5,9-10H2,1H3,(H,17,18). The number of carbonyl (C=O) groups is 1. The molecule has 0 aliphatic heterocycles. The molecule has 1 aliphatic rings. The lowest BCUT2D eigenvalue weighted by Crippen LogP contribution is -2.37. The summed E-state index contributed by atoms with van der Waals surface area (Å²) in [4.78, 5) is 15.8. The van der Waals surface area contributed by atoms with Gasteiger partial charge in [0.25, 0.3) is 0 Å². The van der Waals surface area contributed by atoms with Gasteiger partial charge in [0.05, 0.1) is 6.54 Å². The van der Waals surface area contributed by atoms with E-state index in [1.54, 1.807) is 12.4 Å². The second-order valence-electron chi connectivity index (χ2n) is 4.94. The van der Waals surface area contributed by atoms with Crippen molar-refractivity contribution in [2.24, 2.45) is 0 Å². The molecule has 1 aromatic heterocycles. The summed E-state index contributed by atoms with van der Waals surface area (Å²) in [5.74, 6) is 0.0603. The molecule has 18 heavy (non-hydrogen) atoms. The van der Waals surface area contributed by atoms with Crippen molar-refractivity contribution >= 4 is 5.91 Å². The van der Waals surface area contributed by atoms with E-state index in [4.69, 9.17) is 0 Å². The molecule has 2 N–H and O–H groups in total. The minimum Gasteiger partial charge on any atom is -0.351 e. The van der Waals surface area contributed by atoms with Gasteiger partial charge in [0.1, 0.15) is 0 Å². The Morgan fingerprint density at radius 1 is 1.44 bits per heavy atom. The Labute approximate surface area is 108 Å². The SMILES string of the molecule is Cc1ccncc1CNC(=O)CNC1CCCC1. The van der Waals surface area contributed by atoms with E-state index in [1.165, 1.54) is 25.7 Å². The Kier molecular flexibility index (Phi) is 4.70. The van der Waals surface area contributed by atoms with Crippen LogP contribution in [0.15, 0.2) is 18.5 Å². The van der Waals surface area contributed by atoms with E-state index in [2.05, 4.69) is 15.6 Å². The van der Waals surface area contributed by atoms with Gasteiger partial charge in [0.2, 0.25) is 5.91 Å². The first-order valence-corrected chi connectivity index (χ1v) is 6.65. The smallest absolute Gasteiger partial charge is 0.234 e. The molecule has 1 amide bonds. The van der Waals surface area contributed by atoms with Crippen molar-refractivity contribution in [2.75, 3.05) is 6.54 Å². The molecule has 1 fully saturated rings. The molecule has 0 unspecified atom stereocenters. The third-order valence-electron chi connectivity index (χ3n) is 3.53. The van der Waals surface area contributed by atoms with Crippen LogP contribution in [0.3, 0.4) is 0 Å². The van der Waals surface area contributed by atoms with Gasteiger partial charge in [-0.05, 0) is 37.0 Å². The third kappa shape index (κ3) is 3.81. The maximum absolute atomic E-state index is 11.7. The van der Waals surface area contributed by atoms with E-state index in [1.807, 2.05) is 13.0 Å². The highest BCUT2D eigenvalue weighted by Crippen LogP contribution is 2.17. The fourth-order valence-corrected chi connectivity index (χ4v) is 2.31. The summed E-state index contributed by atoms with van der Waals surface area (Å²) in [5.41, 5.74) is 2.24. The van der Waals surface area contributed by atoms with Crippen molar-refractivity contribution in [3.63, 3.8) is 0 Å². The largest absolute Gasteiger partial charge is 0.351 e. The van der Waals surface area contributed by atoms with E-state index in [9.17, 15) is 4.79 Å². The molecule has 0 saturated heterocycles. The number of hydrogen-bond acceptors (Lipinski definition) is 3. The van der Waals surface area contributed by atoms with Gasteiger partial charge in [-0.2, -0.15) is 0 Å². The monoisotopic (exact) mass is 247 g/mol. The van der Waals surface area contributed by atoms with E-state index >= 15 is 0 Å². The van der Waals surface area contributed by atoms with Gasteiger partial charge >= 0.3 is 0 Å². The second-order valence-corrected chi connectivity index (χ2v) is 4.94. The van der Waals surface area contributed by atoms with Gasteiger partial charge in [0, 0.05) is 25.0 Å². The van der Waals surface area contributed by atoms with Gasteiger partial charge in [-0.15, -0.1) is 0 Å². The zero-order valence-electron chi connectivity index (χ0n) is 10.9. The van der Waals surface area contributed by atoms with Crippen molar-refractivity contribution in [2.45, 2.75) is 45.2 Å². The molecule has 1 aliphatic carbocycles.